The number of anilines is 1. The number of unbranched alkanes of at least 4 members (excludes halogenated alkanes) is 1. The molecular weight excluding hydrogens is 536 g/mol. The third-order valence-corrected chi connectivity index (χ3v) is 8.93. The van der Waals surface area contributed by atoms with E-state index in [1.54, 1.807) is 22.5 Å². The van der Waals surface area contributed by atoms with Gasteiger partial charge in [0.25, 0.3) is 11.5 Å². The zero-order valence-corrected chi connectivity index (χ0v) is 24.7. The maximum Gasteiger partial charge on any atom is 0.270 e. The number of benzene rings is 1. The van der Waals surface area contributed by atoms with Crippen LogP contribution in [0, 0.1) is 30.1 Å². The van der Waals surface area contributed by atoms with Gasteiger partial charge in [-0.15, -0.1) is 0 Å². The highest BCUT2D eigenvalue weighted by Gasteiger charge is 2.34. The largest absolute Gasteiger partial charge is 0.357 e. The number of thioether (sulfide) groups is 1. The Kier molecular flexibility index (Phi) is 9.02. The van der Waals surface area contributed by atoms with E-state index in [9.17, 15) is 14.9 Å². The highest BCUT2D eigenvalue weighted by atomic mass is 35.5. The van der Waals surface area contributed by atoms with Gasteiger partial charge in [0.15, 0.2) is 0 Å². The average Bonchev–Trinajstić information content (AvgIpc) is 3.13. The molecule has 2 aromatic rings. The first-order valence-electron chi connectivity index (χ1n) is 13.1. The number of nitrogens with zero attached hydrogens (tertiary/aromatic N) is 4. The fourth-order valence-corrected chi connectivity index (χ4v) is 6.84. The van der Waals surface area contributed by atoms with Crippen LogP contribution in [0.5, 0.6) is 0 Å². The van der Waals surface area contributed by atoms with E-state index in [-0.39, 0.29) is 23.6 Å². The number of pyridine rings is 1. The number of halogens is 1. The van der Waals surface area contributed by atoms with Crippen LogP contribution >= 0.6 is 35.6 Å². The lowest BCUT2D eigenvalue weighted by Crippen LogP contribution is -2.43. The lowest BCUT2D eigenvalue weighted by Gasteiger charge is -2.39. The summed E-state index contributed by atoms with van der Waals surface area (Å²) in [6.45, 7) is 10.8. The quantitative estimate of drug-likeness (QED) is 0.286. The third-order valence-electron chi connectivity index (χ3n) is 7.19. The molecule has 0 N–H and O–H groups in total. The zero-order valence-electron chi connectivity index (χ0n) is 22.3. The Labute approximate surface area is 239 Å². The summed E-state index contributed by atoms with van der Waals surface area (Å²) in [6.07, 6.45) is 4.70. The highest BCUT2D eigenvalue weighted by Crippen LogP contribution is 2.38. The van der Waals surface area contributed by atoms with Gasteiger partial charge in [-0.25, -0.2) is 0 Å². The van der Waals surface area contributed by atoms with Crippen molar-refractivity contribution in [3.8, 4) is 6.07 Å². The van der Waals surface area contributed by atoms with Gasteiger partial charge >= 0.3 is 0 Å². The number of carbonyl (C=O) groups excluding carboxylic acids is 1. The molecule has 200 valence electrons. The molecule has 38 heavy (non-hydrogen) atoms. The molecule has 2 fully saturated rings. The molecule has 2 atom stereocenters. The Morgan fingerprint density at radius 1 is 1.21 bits per heavy atom. The summed E-state index contributed by atoms with van der Waals surface area (Å²) in [7, 11) is 0. The lowest BCUT2D eigenvalue weighted by atomic mass is 9.91. The van der Waals surface area contributed by atoms with Crippen molar-refractivity contribution in [3.63, 3.8) is 0 Å². The van der Waals surface area contributed by atoms with E-state index in [4.69, 9.17) is 23.8 Å². The Bertz CT molecular complexity index is 1380. The smallest absolute Gasteiger partial charge is 0.270 e. The lowest BCUT2D eigenvalue weighted by molar-refractivity contribution is -0.122. The molecule has 1 aromatic carbocycles. The Balaban J connectivity index is 1.85. The van der Waals surface area contributed by atoms with Gasteiger partial charge in [-0.2, -0.15) is 5.26 Å². The van der Waals surface area contributed by atoms with Crippen molar-refractivity contribution in [1.82, 2.24) is 9.47 Å². The van der Waals surface area contributed by atoms with Gasteiger partial charge in [-0.05, 0) is 54.9 Å². The first-order valence-corrected chi connectivity index (χ1v) is 14.7. The van der Waals surface area contributed by atoms with Gasteiger partial charge in [0.05, 0.1) is 11.4 Å². The van der Waals surface area contributed by atoms with E-state index >= 15 is 0 Å². The zero-order chi connectivity index (χ0) is 27.6. The van der Waals surface area contributed by atoms with Gasteiger partial charge < -0.3 is 4.90 Å². The Hall–Kier alpha value is -2.60. The SMILES string of the molecule is CCCCn1c(N2CC(C)CC(C)C2)c(/C=C2/SC(=S)N(Cc3ccccc3Cl)C2=O)c(C)c(C#N)c1=O. The van der Waals surface area contributed by atoms with Crippen molar-refractivity contribution >= 4 is 57.7 Å². The highest BCUT2D eigenvalue weighted by molar-refractivity contribution is 8.26. The summed E-state index contributed by atoms with van der Waals surface area (Å²) < 4.78 is 2.22. The standard InChI is InChI=1S/C29H33ClN4O2S2/c1-5-6-11-33-26(32-15-18(2)12-19(3)16-32)22(20(4)23(14-31)27(33)35)13-25-28(36)34(29(37)38-25)17-21-9-7-8-10-24(21)30/h7-10,13,18-19H,5-6,11-12,15-17H2,1-4H3/b25-13+. The molecule has 3 heterocycles. The Morgan fingerprint density at radius 3 is 2.53 bits per heavy atom. The molecule has 1 amide bonds. The molecule has 2 unspecified atom stereocenters. The number of piperidine rings is 1. The predicted octanol–water partition coefficient (Wildman–Crippen LogP) is 6.37. The number of amides is 1. The first-order chi connectivity index (χ1) is 18.2. The van der Waals surface area contributed by atoms with Crippen molar-refractivity contribution in [2.75, 3.05) is 18.0 Å². The fraction of sp³-hybridized carbons (Fsp3) is 0.448. The van der Waals surface area contributed by atoms with Crippen LogP contribution in [0.25, 0.3) is 6.08 Å². The topological polar surface area (TPSA) is 69.3 Å². The molecule has 6 nitrogen and oxygen atoms in total. The van der Waals surface area contributed by atoms with Crippen LogP contribution in [-0.4, -0.2) is 32.8 Å². The maximum absolute atomic E-state index is 13.6. The molecule has 2 aliphatic rings. The van der Waals surface area contributed by atoms with Crippen molar-refractivity contribution < 1.29 is 4.79 Å². The number of carbonyl (C=O) groups is 1. The number of rotatable bonds is 7. The molecule has 0 spiro atoms. The fourth-order valence-electron chi connectivity index (χ4n) is 5.41. The van der Waals surface area contributed by atoms with E-state index in [1.807, 2.05) is 24.3 Å². The second-order valence-corrected chi connectivity index (χ2v) is 12.5. The number of thiocarbonyl (C=S) groups is 1. The summed E-state index contributed by atoms with van der Waals surface area (Å²) in [5, 5.41) is 10.5. The predicted molar refractivity (Wildman–Crippen MR) is 160 cm³/mol. The number of hydrogen-bond donors (Lipinski definition) is 0. The summed E-state index contributed by atoms with van der Waals surface area (Å²) in [6, 6.07) is 9.55. The van der Waals surface area contributed by atoms with Crippen LogP contribution in [0.3, 0.4) is 0 Å². The first kappa shape index (κ1) is 28.4. The summed E-state index contributed by atoms with van der Waals surface area (Å²) in [5.41, 5.74) is 2.03. The number of nitriles is 1. The Morgan fingerprint density at radius 2 is 1.89 bits per heavy atom. The van der Waals surface area contributed by atoms with Gasteiger partial charge in [-0.1, -0.05) is 81.0 Å². The number of hydrogen-bond acceptors (Lipinski definition) is 6. The minimum Gasteiger partial charge on any atom is -0.357 e. The van der Waals surface area contributed by atoms with Crippen molar-refractivity contribution in [2.45, 2.75) is 60.0 Å². The number of aromatic nitrogens is 1. The van der Waals surface area contributed by atoms with Gasteiger partial charge in [0, 0.05) is 30.2 Å². The second kappa shape index (κ2) is 12.1. The molecule has 0 radical (unpaired) electrons. The molecular formula is C29H33ClN4O2S2. The van der Waals surface area contributed by atoms with Crippen LogP contribution in [0.1, 0.15) is 62.3 Å². The van der Waals surface area contributed by atoms with Crippen molar-refractivity contribution in [1.29, 1.82) is 5.26 Å². The van der Waals surface area contributed by atoms with Crippen LogP contribution < -0.4 is 10.5 Å². The van der Waals surface area contributed by atoms with Crippen LogP contribution in [0.4, 0.5) is 5.82 Å². The van der Waals surface area contributed by atoms with Gasteiger partial charge in [-0.3, -0.25) is 19.1 Å². The summed E-state index contributed by atoms with van der Waals surface area (Å²) in [5.74, 6) is 1.53. The van der Waals surface area contributed by atoms with Crippen LogP contribution in [-0.2, 0) is 17.9 Å². The molecule has 9 heteroatoms. The van der Waals surface area contributed by atoms with Crippen molar-refractivity contribution in [2.24, 2.45) is 11.8 Å². The normalized spacial score (nSPS) is 20.9. The van der Waals surface area contributed by atoms with E-state index in [1.165, 1.54) is 11.8 Å². The molecule has 1 aromatic heterocycles. The molecule has 0 aliphatic carbocycles. The minimum absolute atomic E-state index is 0.126. The van der Waals surface area contributed by atoms with E-state index in [0.29, 0.717) is 38.2 Å². The summed E-state index contributed by atoms with van der Waals surface area (Å²) >= 11 is 13.2. The van der Waals surface area contributed by atoms with Gasteiger partial charge in [0.1, 0.15) is 21.8 Å². The van der Waals surface area contributed by atoms with E-state index in [2.05, 4.69) is 31.7 Å². The monoisotopic (exact) mass is 568 g/mol. The van der Waals surface area contributed by atoms with Gasteiger partial charge in [0.2, 0.25) is 0 Å². The van der Waals surface area contributed by atoms with Crippen LogP contribution in [0.15, 0.2) is 34.0 Å². The van der Waals surface area contributed by atoms with E-state index < -0.39 is 0 Å². The molecule has 0 bridgehead atoms. The molecule has 2 aliphatic heterocycles. The third kappa shape index (κ3) is 5.70. The molecule has 4 rings (SSSR count). The molecule has 0 saturated carbocycles. The summed E-state index contributed by atoms with van der Waals surface area (Å²) in [4.78, 5) is 31.4. The van der Waals surface area contributed by atoms with Crippen LogP contribution in [0.2, 0.25) is 5.02 Å². The molecule has 2 saturated heterocycles. The average molecular weight is 569 g/mol. The van der Waals surface area contributed by atoms with Crippen molar-refractivity contribution in [3.05, 3.63) is 66.8 Å². The second-order valence-electron chi connectivity index (χ2n) is 10.4. The maximum atomic E-state index is 13.6. The minimum atomic E-state index is -0.261. The van der Waals surface area contributed by atoms with E-state index in [0.717, 1.165) is 49.3 Å².